The second-order valence-electron chi connectivity index (χ2n) is 11.8. The normalized spacial score (nSPS) is 24.3. The van der Waals surface area contributed by atoms with E-state index in [0.717, 1.165) is 74.8 Å². The molecule has 0 saturated carbocycles. The average molecular weight is 570 g/mol. The Bertz CT molecular complexity index is 1430. The number of pyridine rings is 1. The summed E-state index contributed by atoms with van der Waals surface area (Å²) >= 11 is 6.24. The second kappa shape index (κ2) is 12.0. The molecular weight excluding hydrogens is 530 g/mol. The number of piperidine rings is 1. The van der Waals surface area contributed by atoms with E-state index in [1.165, 1.54) is 24.1 Å². The molecule has 0 bridgehead atoms. The lowest BCUT2D eigenvalue weighted by molar-refractivity contribution is 0.0968. The van der Waals surface area contributed by atoms with Gasteiger partial charge in [-0.05, 0) is 80.6 Å². The summed E-state index contributed by atoms with van der Waals surface area (Å²) in [6.07, 6.45) is 4.59. The van der Waals surface area contributed by atoms with Crippen molar-refractivity contribution in [1.82, 2.24) is 15.2 Å². The Morgan fingerprint density at radius 3 is 2.83 bits per heavy atom. The van der Waals surface area contributed by atoms with Gasteiger partial charge in [0.25, 0.3) is 0 Å². The van der Waals surface area contributed by atoms with E-state index >= 15 is 0 Å². The van der Waals surface area contributed by atoms with Crippen LogP contribution >= 0.6 is 11.6 Å². The largest absolute Gasteiger partial charge is 0.493 e. The molecule has 4 heterocycles. The van der Waals surface area contributed by atoms with Crippen molar-refractivity contribution in [3.05, 3.63) is 76.4 Å². The zero-order chi connectivity index (χ0) is 28.4. The van der Waals surface area contributed by atoms with Crippen LogP contribution in [0, 0.1) is 17.2 Å². The third-order valence-electron chi connectivity index (χ3n) is 9.46. The van der Waals surface area contributed by atoms with Crippen LogP contribution in [-0.2, 0) is 12.0 Å². The number of hydrogen-bond acceptors (Lipinski definition) is 6. The van der Waals surface area contributed by atoms with E-state index in [0.29, 0.717) is 29.2 Å². The number of benzene rings is 2. The summed E-state index contributed by atoms with van der Waals surface area (Å²) in [6.45, 7) is 10.9. The molecule has 0 radical (unpaired) electrons. The molecule has 7 heteroatoms. The van der Waals surface area contributed by atoms with Crippen molar-refractivity contribution < 1.29 is 4.74 Å². The summed E-state index contributed by atoms with van der Waals surface area (Å²) in [6, 6.07) is 21.4. The van der Waals surface area contributed by atoms with Crippen LogP contribution < -0.4 is 15.0 Å². The number of nitrogens with zero attached hydrogens (tertiary/aromatic N) is 4. The smallest absolute Gasteiger partial charge is 0.128 e. The maximum atomic E-state index is 9.85. The highest BCUT2D eigenvalue weighted by molar-refractivity contribution is 6.30. The van der Waals surface area contributed by atoms with Crippen LogP contribution in [0.15, 0.2) is 54.6 Å². The summed E-state index contributed by atoms with van der Waals surface area (Å²) in [5, 5.41) is 14.2. The minimum atomic E-state index is 0.0155. The highest BCUT2D eigenvalue weighted by atomic mass is 35.5. The van der Waals surface area contributed by atoms with Crippen molar-refractivity contribution in [1.29, 1.82) is 5.26 Å². The Labute approximate surface area is 249 Å². The molecule has 6 nitrogen and oxygen atoms in total. The summed E-state index contributed by atoms with van der Waals surface area (Å²) in [5.41, 5.74) is 6.31. The minimum Gasteiger partial charge on any atom is -0.493 e. The molecule has 3 aromatic rings. The predicted octanol–water partition coefficient (Wildman–Crippen LogP) is 6.41. The van der Waals surface area contributed by atoms with Crippen molar-refractivity contribution in [2.45, 2.75) is 57.5 Å². The van der Waals surface area contributed by atoms with Gasteiger partial charge < -0.3 is 15.0 Å². The number of halogens is 1. The number of para-hydroxylation sites is 1. The molecule has 1 N–H and O–H groups in total. The molecule has 0 amide bonds. The van der Waals surface area contributed by atoms with Crippen LogP contribution in [0.5, 0.6) is 5.75 Å². The first-order valence-corrected chi connectivity index (χ1v) is 15.6. The van der Waals surface area contributed by atoms with E-state index in [2.05, 4.69) is 52.4 Å². The number of hydrogen-bond donors (Lipinski definition) is 1. The molecule has 2 fully saturated rings. The van der Waals surface area contributed by atoms with E-state index in [1.807, 2.05) is 31.2 Å². The maximum absolute atomic E-state index is 9.85. The van der Waals surface area contributed by atoms with Gasteiger partial charge in [0.05, 0.1) is 29.2 Å². The highest BCUT2D eigenvalue weighted by Crippen LogP contribution is 2.48. The second-order valence-corrected chi connectivity index (χ2v) is 12.2. The third kappa shape index (κ3) is 5.44. The summed E-state index contributed by atoms with van der Waals surface area (Å²) in [4.78, 5) is 10.4. The predicted molar refractivity (Wildman–Crippen MR) is 166 cm³/mol. The zero-order valence-electron chi connectivity index (χ0n) is 24.2. The van der Waals surface area contributed by atoms with Crippen molar-refractivity contribution >= 4 is 17.3 Å². The number of ether oxygens (including phenoxy) is 1. The van der Waals surface area contributed by atoms with Crippen molar-refractivity contribution in [2.24, 2.45) is 5.92 Å². The van der Waals surface area contributed by atoms with E-state index < -0.39 is 0 Å². The van der Waals surface area contributed by atoms with Gasteiger partial charge in [-0.2, -0.15) is 5.26 Å². The minimum absolute atomic E-state index is 0.0155. The van der Waals surface area contributed by atoms with Gasteiger partial charge in [0, 0.05) is 54.8 Å². The fourth-order valence-electron chi connectivity index (χ4n) is 7.54. The number of fused-ring (bicyclic) bond motifs is 2. The molecule has 3 aliphatic heterocycles. The first-order valence-electron chi connectivity index (χ1n) is 15.2. The standard InChI is InChI=1S/C34H40ClN5O/c1-3-25-20-40(32-14-11-26(35)18-24(32)19-36)17-15-34(25)23-39(21-27-8-7-16-37-27)22-31-29(34)12-13-30(38-31)28-9-5-6-10-33(28)41-4-2/h5-6,9-14,18,25,27,37H,3-4,7-8,15-17,20-23H2,1-2H3/t25-,27-,34+/m1/s1. The molecule has 0 unspecified atom stereocenters. The van der Waals surface area contributed by atoms with E-state index in [4.69, 9.17) is 21.3 Å². The van der Waals surface area contributed by atoms with Gasteiger partial charge in [-0.3, -0.25) is 9.88 Å². The topological polar surface area (TPSA) is 64.4 Å². The van der Waals surface area contributed by atoms with Gasteiger partial charge in [0.15, 0.2) is 0 Å². The first kappa shape index (κ1) is 28.0. The maximum Gasteiger partial charge on any atom is 0.128 e. The fourth-order valence-corrected chi connectivity index (χ4v) is 7.71. The van der Waals surface area contributed by atoms with Crippen LogP contribution in [0.4, 0.5) is 5.69 Å². The van der Waals surface area contributed by atoms with Gasteiger partial charge in [0.1, 0.15) is 11.8 Å². The van der Waals surface area contributed by atoms with Crippen molar-refractivity contribution in [2.75, 3.05) is 44.2 Å². The van der Waals surface area contributed by atoms with Crippen molar-refractivity contribution in [3.8, 4) is 23.1 Å². The van der Waals surface area contributed by atoms with E-state index in [1.54, 1.807) is 6.07 Å². The molecule has 6 rings (SSSR count). The lowest BCUT2D eigenvalue weighted by Gasteiger charge is -2.53. The summed E-state index contributed by atoms with van der Waals surface area (Å²) in [7, 11) is 0. The molecule has 0 aliphatic carbocycles. The highest BCUT2D eigenvalue weighted by Gasteiger charge is 2.48. The monoisotopic (exact) mass is 569 g/mol. The molecule has 214 valence electrons. The van der Waals surface area contributed by atoms with Gasteiger partial charge in [0.2, 0.25) is 0 Å². The lowest BCUT2D eigenvalue weighted by atomic mass is 9.62. The van der Waals surface area contributed by atoms with Gasteiger partial charge in [-0.25, -0.2) is 0 Å². The quantitative estimate of drug-likeness (QED) is 0.354. The van der Waals surface area contributed by atoms with Crippen LogP contribution in [0.1, 0.15) is 56.4 Å². The molecular formula is C34H40ClN5O. The Morgan fingerprint density at radius 2 is 2.05 bits per heavy atom. The molecule has 1 spiro atoms. The van der Waals surface area contributed by atoms with Crippen LogP contribution in [-0.4, -0.2) is 55.3 Å². The summed E-state index contributed by atoms with van der Waals surface area (Å²) in [5.74, 6) is 1.32. The number of nitriles is 1. The Kier molecular flexibility index (Phi) is 8.21. The zero-order valence-corrected chi connectivity index (χ0v) is 25.0. The Morgan fingerprint density at radius 1 is 1.17 bits per heavy atom. The molecule has 3 aliphatic rings. The van der Waals surface area contributed by atoms with E-state index in [9.17, 15) is 5.26 Å². The van der Waals surface area contributed by atoms with Gasteiger partial charge >= 0.3 is 0 Å². The van der Waals surface area contributed by atoms with Crippen LogP contribution in [0.25, 0.3) is 11.3 Å². The molecule has 1 aromatic heterocycles. The number of nitrogens with one attached hydrogen (secondary N) is 1. The molecule has 41 heavy (non-hydrogen) atoms. The molecule has 3 atom stereocenters. The number of rotatable bonds is 7. The summed E-state index contributed by atoms with van der Waals surface area (Å²) < 4.78 is 5.97. The Balaban J connectivity index is 1.38. The third-order valence-corrected chi connectivity index (χ3v) is 9.69. The van der Waals surface area contributed by atoms with Crippen LogP contribution in [0.2, 0.25) is 5.02 Å². The van der Waals surface area contributed by atoms with Crippen molar-refractivity contribution in [3.63, 3.8) is 0 Å². The lowest BCUT2D eigenvalue weighted by Crippen LogP contribution is -2.58. The molecule has 2 aromatic carbocycles. The van der Waals surface area contributed by atoms with E-state index in [-0.39, 0.29) is 5.41 Å². The number of aromatic nitrogens is 1. The average Bonchev–Trinajstić information content (AvgIpc) is 3.50. The van der Waals surface area contributed by atoms with Crippen LogP contribution in [0.3, 0.4) is 0 Å². The number of anilines is 1. The van der Waals surface area contributed by atoms with Gasteiger partial charge in [-0.1, -0.05) is 43.1 Å². The molecule has 2 saturated heterocycles. The van der Waals surface area contributed by atoms with Gasteiger partial charge in [-0.15, -0.1) is 0 Å². The SMILES string of the molecule is CCOc1ccccc1-c1ccc2c(n1)CN(C[C@H]1CCCN1)C[C@]21CCN(c2ccc(Cl)cc2C#N)C[C@H]1CC. The fraction of sp³-hybridized carbons (Fsp3) is 0.471. The Hall–Kier alpha value is -3.11. The first-order chi connectivity index (χ1) is 20.0.